The van der Waals surface area contributed by atoms with Gasteiger partial charge in [0.1, 0.15) is 11.6 Å². The molecule has 0 radical (unpaired) electrons. The van der Waals surface area contributed by atoms with Crippen molar-refractivity contribution in [2.75, 3.05) is 12.4 Å². The van der Waals surface area contributed by atoms with Gasteiger partial charge in [0.15, 0.2) is 0 Å². The van der Waals surface area contributed by atoms with Crippen LogP contribution in [0, 0.1) is 11.6 Å². The molecule has 0 aliphatic heterocycles. The van der Waals surface area contributed by atoms with Gasteiger partial charge in [-0.05, 0) is 18.2 Å². The zero-order valence-corrected chi connectivity index (χ0v) is 9.81. The van der Waals surface area contributed by atoms with E-state index in [0.29, 0.717) is 5.75 Å². The summed E-state index contributed by atoms with van der Waals surface area (Å²) in [5, 5.41) is 8.87. The van der Waals surface area contributed by atoms with Gasteiger partial charge in [0.25, 0.3) is 0 Å². The Hall–Kier alpha value is -0.650. The van der Waals surface area contributed by atoms with Crippen LogP contribution in [-0.2, 0) is 0 Å². The van der Waals surface area contributed by atoms with Gasteiger partial charge in [-0.2, -0.15) is 11.8 Å². The van der Waals surface area contributed by atoms with Crippen molar-refractivity contribution < 1.29 is 13.9 Å². The van der Waals surface area contributed by atoms with Crippen LogP contribution < -0.4 is 5.73 Å². The van der Waals surface area contributed by atoms with E-state index in [1.165, 1.54) is 11.8 Å². The van der Waals surface area contributed by atoms with Gasteiger partial charge >= 0.3 is 0 Å². The summed E-state index contributed by atoms with van der Waals surface area (Å²) >= 11 is 1.43. The highest BCUT2D eigenvalue weighted by molar-refractivity contribution is 7.99. The zero-order chi connectivity index (χ0) is 12.1. The predicted molar refractivity (Wildman–Crippen MR) is 62.3 cm³/mol. The standard InChI is InChI=1S/C11H15F2NOS/c1-7(5-15)16-6-11(14)9-4-8(12)2-3-10(9)13/h2-4,7,11,15H,5-6,14H2,1H3. The van der Waals surface area contributed by atoms with Gasteiger partial charge in [-0.15, -0.1) is 0 Å². The van der Waals surface area contributed by atoms with Crippen molar-refractivity contribution in [1.29, 1.82) is 0 Å². The summed E-state index contributed by atoms with van der Waals surface area (Å²) in [7, 11) is 0. The summed E-state index contributed by atoms with van der Waals surface area (Å²) in [6.45, 7) is 1.89. The Labute approximate surface area is 97.8 Å². The maximum Gasteiger partial charge on any atom is 0.128 e. The SMILES string of the molecule is CC(CO)SCC(N)c1cc(F)ccc1F. The summed E-state index contributed by atoms with van der Waals surface area (Å²) < 4.78 is 26.2. The molecular formula is C11H15F2NOS. The quantitative estimate of drug-likeness (QED) is 0.837. The topological polar surface area (TPSA) is 46.2 Å². The molecule has 0 aromatic heterocycles. The van der Waals surface area contributed by atoms with Gasteiger partial charge in [-0.1, -0.05) is 6.92 Å². The van der Waals surface area contributed by atoms with E-state index in [-0.39, 0.29) is 17.4 Å². The number of nitrogens with two attached hydrogens (primary N) is 1. The Morgan fingerprint density at radius 3 is 2.75 bits per heavy atom. The average Bonchev–Trinajstić information content (AvgIpc) is 2.28. The molecule has 1 aromatic carbocycles. The van der Waals surface area contributed by atoms with Crippen LogP contribution in [0.5, 0.6) is 0 Å². The number of aliphatic hydroxyl groups excluding tert-OH is 1. The minimum Gasteiger partial charge on any atom is -0.395 e. The summed E-state index contributed by atoms with van der Waals surface area (Å²) in [4.78, 5) is 0. The van der Waals surface area contributed by atoms with Crippen LogP contribution in [0.4, 0.5) is 8.78 Å². The van der Waals surface area contributed by atoms with Crippen LogP contribution in [0.1, 0.15) is 18.5 Å². The highest BCUT2D eigenvalue weighted by Crippen LogP contribution is 2.22. The van der Waals surface area contributed by atoms with E-state index in [1.54, 1.807) is 0 Å². The van der Waals surface area contributed by atoms with E-state index in [4.69, 9.17) is 10.8 Å². The van der Waals surface area contributed by atoms with Crippen molar-refractivity contribution in [3.8, 4) is 0 Å². The van der Waals surface area contributed by atoms with Crippen molar-refractivity contribution in [3.63, 3.8) is 0 Å². The second-order valence-electron chi connectivity index (χ2n) is 3.60. The van der Waals surface area contributed by atoms with Crippen molar-refractivity contribution in [2.24, 2.45) is 5.73 Å². The van der Waals surface area contributed by atoms with E-state index >= 15 is 0 Å². The number of halogens is 2. The predicted octanol–water partition coefficient (Wildman–Crippen LogP) is 2.08. The lowest BCUT2D eigenvalue weighted by molar-refractivity contribution is 0.300. The number of thioether (sulfide) groups is 1. The van der Waals surface area contributed by atoms with Crippen molar-refractivity contribution in [1.82, 2.24) is 0 Å². The summed E-state index contributed by atoms with van der Waals surface area (Å²) in [5.74, 6) is -0.541. The molecule has 1 aromatic rings. The molecule has 2 nitrogen and oxygen atoms in total. The number of hydrogen-bond donors (Lipinski definition) is 2. The Bertz CT molecular complexity index is 349. The van der Waals surface area contributed by atoms with Gasteiger partial charge in [0, 0.05) is 22.6 Å². The number of hydrogen-bond acceptors (Lipinski definition) is 3. The van der Waals surface area contributed by atoms with Crippen LogP contribution >= 0.6 is 11.8 Å². The Balaban J connectivity index is 2.65. The third-order valence-electron chi connectivity index (χ3n) is 2.17. The molecule has 0 saturated heterocycles. The first-order valence-electron chi connectivity index (χ1n) is 4.97. The third kappa shape index (κ3) is 3.73. The van der Waals surface area contributed by atoms with E-state index in [2.05, 4.69) is 0 Å². The van der Waals surface area contributed by atoms with Crippen molar-refractivity contribution >= 4 is 11.8 Å². The van der Waals surface area contributed by atoms with Gasteiger partial charge in [-0.3, -0.25) is 0 Å². The van der Waals surface area contributed by atoms with Gasteiger partial charge in [0.2, 0.25) is 0 Å². The second kappa shape index (κ2) is 6.18. The van der Waals surface area contributed by atoms with Crippen LogP contribution in [0.2, 0.25) is 0 Å². The fourth-order valence-corrected chi connectivity index (χ4v) is 2.03. The van der Waals surface area contributed by atoms with E-state index in [9.17, 15) is 8.78 Å². The molecule has 16 heavy (non-hydrogen) atoms. The Morgan fingerprint density at radius 2 is 2.12 bits per heavy atom. The summed E-state index contributed by atoms with van der Waals surface area (Å²) in [5.41, 5.74) is 5.94. The van der Waals surface area contributed by atoms with Crippen LogP contribution in [0.3, 0.4) is 0 Å². The molecular weight excluding hydrogens is 232 g/mol. The first kappa shape index (κ1) is 13.4. The Morgan fingerprint density at radius 1 is 1.44 bits per heavy atom. The zero-order valence-electron chi connectivity index (χ0n) is 8.99. The molecule has 0 amide bonds. The molecule has 3 N–H and O–H groups in total. The van der Waals surface area contributed by atoms with Gasteiger partial charge in [0.05, 0.1) is 6.61 Å². The molecule has 2 atom stereocenters. The highest BCUT2D eigenvalue weighted by Gasteiger charge is 2.13. The van der Waals surface area contributed by atoms with Crippen LogP contribution in [0.25, 0.3) is 0 Å². The normalized spacial score (nSPS) is 14.8. The maximum absolute atomic E-state index is 13.3. The first-order valence-corrected chi connectivity index (χ1v) is 6.02. The lowest BCUT2D eigenvalue weighted by Gasteiger charge is -2.15. The monoisotopic (exact) mass is 247 g/mol. The smallest absolute Gasteiger partial charge is 0.128 e. The maximum atomic E-state index is 13.3. The lowest BCUT2D eigenvalue weighted by atomic mass is 10.1. The molecule has 0 saturated carbocycles. The second-order valence-corrected chi connectivity index (χ2v) is 5.07. The molecule has 0 aliphatic rings. The third-order valence-corrected chi connectivity index (χ3v) is 3.44. The molecule has 0 bridgehead atoms. The molecule has 5 heteroatoms. The Kier molecular flexibility index (Phi) is 5.18. The fourth-order valence-electron chi connectivity index (χ4n) is 1.21. The van der Waals surface area contributed by atoms with E-state index in [0.717, 1.165) is 18.2 Å². The minimum atomic E-state index is -0.560. The van der Waals surface area contributed by atoms with Gasteiger partial charge in [-0.25, -0.2) is 8.78 Å². The van der Waals surface area contributed by atoms with Crippen molar-refractivity contribution in [3.05, 3.63) is 35.4 Å². The van der Waals surface area contributed by atoms with E-state index < -0.39 is 17.7 Å². The summed E-state index contributed by atoms with van der Waals surface area (Å²) in [6, 6.07) is 2.69. The number of aliphatic hydroxyl groups is 1. The number of benzene rings is 1. The van der Waals surface area contributed by atoms with E-state index in [1.807, 2.05) is 6.92 Å². The number of rotatable bonds is 5. The molecule has 0 spiro atoms. The van der Waals surface area contributed by atoms with Gasteiger partial charge < -0.3 is 10.8 Å². The largest absolute Gasteiger partial charge is 0.395 e. The minimum absolute atomic E-state index is 0.0441. The molecule has 0 heterocycles. The average molecular weight is 247 g/mol. The molecule has 90 valence electrons. The first-order chi connectivity index (χ1) is 7.54. The van der Waals surface area contributed by atoms with Crippen LogP contribution in [0.15, 0.2) is 18.2 Å². The molecule has 0 aliphatic carbocycles. The lowest BCUT2D eigenvalue weighted by Crippen LogP contribution is -2.17. The molecule has 1 rings (SSSR count). The summed E-state index contributed by atoms with van der Waals surface area (Å²) in [6.07, 6.45) is 0. The fraction of sp³-hybridized carbons (Fsp3) is 0.455. The highest BCUT2D eigenvalue weighted by atomic mass is 32.2. The molecule has 0 fully saturated rings. The van der Waals surface area contributed by atoms with Crippen molar-refractivity contribution in [2.45, 2.75) is 18.2 Å². The van der Waals surface area contributed by atoms with Crippen LogP contribution in [-0.4, -0.2) is 22.7 Å². The molecule has 2 unspecified atom stereocenters.